The number of aromatic nitrogens is 3. The third-order valence-corrected chi connectivity index (χ3v) is 4.52. The first-order chi connectivity index (χ1) is 11.3. The van der Waals surface area contributed by atoms with Crippen LogP contribution in [0.4, 0.5) is 0 Å². The van der Waals surface area contributed by atoms with E-state index in [0.29, 0.717) is 0 Å². The third kappa shape index (κ3) is 3.54. The Morgan fingerprint density at radius 3 is 2.52 bits per heavy atom. The lowest BCUT2D eigenvalue weighted by molar-refractivity contribution is 0.842. The molecule has 3 aromatic rings. The molecule has 116 valence electrons. The van der Waals surface area contributed by atoms with Gasteiger partial charge >= 0.3 is 0 Å². The molecule has 4 heteroatoms. The molecule has 2 aromatic carbocycles. The van der Waals surface area contributed by atoms with Crippen molar-refractivity contribution in [1.82, 2.24) is 14.8 Å². The van der Waals surface area contributed by atoms with Crippen molar-refractivity contribution in [3.8, 4) is 5.69 Å². The SMILES string of the molecule is C=CCSc1nnc(Cc2ccccc2)n1-c1ccccc1C. The van der Waals surface area contributed by atoms with Crippen LogP contribution in [0.2, 0.25) is 0 Å². The summed E-state index contributed by atoms with van der Waals surface area (Å²) in [6.07, 6.45) is 2.65. The molecule has 0 atom stereocenters. The van der Waals surface area contributed by atoms with Crippen molar-refractivity contribution in [1.29, 1.82) is 0 Å². The number of nitrogens with zero attached hydrogens (tertiary/aromatic N) is 3. The minimum atomic E-state index is 0.761. The predicted molar refractivity (Wildman–Crippen MR) is 96.3 cm³/mol. The molecular weight excluding hydrogens is 302 g/mol. The van der Waals surface area contributed by atoms with E-state index in [1.54, 1.807) is 11.8 Å². The van der Waals surface area contributed by atoms with Crippen molar-refractivity contribution in [3.05, 3.63) is 84.2 Å². The molecule has 0 fully saturated rings. The van der Waals surface area contributed by atoms with Crippen LogP contribution in [-0.2, 0) is 6.42 Å². The Kier molecular flexibility index (Phi) is 4.93. The first-order valence-electron chi connectivity index (χ1n) is 7.57. The number of rotatable bonds is 6. The summed E-state index contributed by atoms with van der Waals surface area (Å²) in [6.45, 7) is 5.91. The van der Waals surface area contributed by atoms with Crippen molar-refractivity contribution in [2.24, 2.45) is 0 Å². The molecular formula is C19H19N3S. The van der Waals surface area contributed by atoms with Gasteiger partial charge in [-0.2, -0.15) is 0 Å². The van der Waals surface area contributed by atoms with E-state index in [1.165, 1.54) is 11.1 Å². The van der Waals surface area contributed by atoms with E-state index in [9.17, 15) is 0 Å². The van der Waals surface area contributed by atoms with Gasteiger partial charge in [-0.05, 0) is 24.1 Å². The molecule has 3 nitrogen and oxygen atoms in total. The van der Waals surface area contributed by atoms with E-state index < -0.39 is 0 Å². The summed E-state index contributed by atoms with van der Waals surface area (Å²) in [6, 6.07) is 18.7. The van der Waals surface area contributed by atoms with Crippen LogP contribution >= 0.6 is 11.8 Å². The summed E-state index contributed by atoms with van der Waals surface area (Å²) in [4.78, 5) is 0. The van der Waals surface area contributed by atoms with Crippen LogP contribution in [0.15, 0.2) is 72.4 Å². The number of hydrogen-bond acceptors (Lipinski definition) is 3. The second-order valence-electron chi connectivity index (χ2n) is 5.28. The van der Waals surface area contributed by atoms with Gasteiger partial charge in [0.2, 0.25) is 0 Å². The third-order valence-electron chi connectivity index (χ3n) is 3.59. The monoisotopic (exact) mass is 321 g/mol. The van der Waals surface area contributed by atoms with E-state index in [1.807, 2.05) is 12.1 Å². The molecule has 1 heterocycles. The predicted octanol–water partition coefficient (Wildman–Crippen LogP) is 4.44. The zero-order valence-corrected chi connectivity index (χ0v) is 14.0. The van der Waals surface area contributed by atoms with E-state index >= 15 is 0 Å². The summed E-state index contributed by atoms with van der Waals surface area (Å²) < 4.78 is 2.16. The number of para-hydroxylation sites is 1. The van der Waals surface area contributed by atoms with Crippen LogP contribution in [0, 0.1) is 6.92 Å². The molecule has 0 saturated heterocycles. The van der Waals surface area contributed by atoms with Crippen LogP contribution in [0.25, 0.3) is 5.69 Å². The molecule has 23 heavy (non-hydrogen) atoms. The molecule has 1 aromatic heterocycles. The highest BCUT2D eigenvalue weighted by atomic mass is 32.2. The topological polar surface area (TPSA) is 30.7 Å². The second kappa shape index (κ2) is 7.29. The van der Waals surface area contributed by atoms with Gasteiger partial charge in [0.15, 0.2) is 5.16 Å². The van der Waals surface area contributed by atoms with E-state index in [0.717, 1.165) is 28.8 Å². The van der Waals surface area contributed by atoms with Gasteiger partial charge < -0.3 is 0 Å². The summed E-state index contributed by atoms with van der Waals surface area (Å²) in [5.41, 5.74) is 3.58. The summed E-state index contributed by atoms with van der Waals surface area (Å²) >= 11 is 1.65. The Morgan fingerprint density at radius 2 is 1.78 bits per heavy atom. The Morgan fingerprint density at radius 1 is 1.04 bits per heavy atom. The quantitative estimate of drug-likeness (QED) is 0.496. The van der Waals surface area contributed by atoms with Gasteiger partial charge in [0, 0.05) is 12.2 Å². The van der Waals surface area contributed by atoms with E-state index in [2.05, 4.69) is 76.8 Å². The molecule has 0 saturated carbocycles. The van der Waals surface area contributed by atoms with Gasteiger partial charge in [-0.15, -0.1) is 16.8 Å². The number of aryl methyl sites for hydroxylation is 1. The fourth-order valence-electron chi connectivity index (χ4n) is 2.48. The number of hydrogen-bond donors (Lipinski definition) is 0. The highest BCUT2D eigenvalue weighted by Crippen LogP contribution is 2.25. The largest absolute Gasteiger partial charge is 0.273 e. The highest BCUT2D eigenvalue weighted by molar-refractivity contribution is 7.99. The first-order valence-corrected chi connectivity index (χ1v) is 8.56. The van der Waals surface area contributed by atoms with Gasteiger partial charge in [-0.3, -0.25) is 4.57 Å². The maximum absolute atomic E-state index is 4.44. The molecule has 0 unspecified atom stereocenters. The number of benzene rings is 2. The number of thioether (sulfide) groups is 1. The maximum Gasteiger partial charge on any atom is 0.196 e. The fourth-order valence-corrected chi connectivity index (χ4v) is 3.17. The lowest BCUT2D eigenvalue weighted by Gasteiger charge is -2.12. The minimum Gasteiger partial charge on any atom is -0.273 e. The molecule has 0 N–H and O–H groups in total. The lowest BCUT2D eigenvalue weighted by atomic mass is 10.1. The molecule has 0 aliphatic rings. The second-order valence-corrected chi connectivity index (χ2v) is 6.27. The van der Waals surface area contributed by atoms with Crippen molar-refractivity contribution < 1.29 is 0 Å². The van der Waals surface area contributed by atoms with Crippen LogP contribution in [0.1, 0.15) is 17.0 Å². The van der Waals surface area contributed by atoms with E-state index in [4.69, 9.17) is 0 Å². The van der Waals surface area contributed by atoms with Gasteiger partial charge in [-0.25, -0.2) is 0 Å². The molecule has 0 aliphatic heterocycles. The average Bonchev–Trinajstić information content (AvgIpc) is 2.97. The zero-order chi connectivity index (χ0) is 16.1. The molecule has 0 amide bonds. The van der Waals surface area contributed by atoms with E-state index in [-0.39, 0.29) is 0 Å². The molecule has 0 aliphatic carbocycles. The fraction of sp³-hybridized carbons (Fsp3) is 0.158. The molecule has 0 spiro atoms. The van der Waals surface area contributed by atoms with Crippen LogP contribution in [-0.4, -0.2) is 20.5 Å². The smallest absolute Gasteiger partial charge is 0.196 e. The summed E-state index contributed by atoms with van der Waals surface area (Å²) in [7, 11) is 0. The minimum absolute atomic E-state index is 0.761. The van der Waals surface area contributed by atoms with Crippen LogP contribution in [0.3, 0.4) is 0 Å². The maximum atomic E-state index is 4.44. The van der Waals surface area contributed by atoms with Gasteiger partial charge in [-0.1, -0.05) is 66.4 Å². The van der Waals surface area contributed by atoms with Gasteiger partial charge in [0.25, 0.3) is 0 Å². The average molecular weight is 321 g/mol. The zero-order valence-electron chi connectivity index (χ0n) is 13.1. The Hall–Kier alpha value is -2.33. The highest BCUT2D eigenvalue weighted by Gasteiger charge is 2.15. The van der Waals surface area contributed by atoms with Gasteiger partial charge in [0.05, 0.1) is 5.69 Å². The van der Waals surface area contributed by atoms with Crippen LogP contribution in [0.5, 0.6) is 0 Å². The van der Waals surface area contributed by atoms with Crippen molar-refractivity contribution in [2.75, 3.05) is 5.75 Å². The normalized spacial score (nSPS) is 10.7. The van der Waals surface area contributed by atoms with Crippen molar-refractivity contribution in [3.63, 3.8) is 0 Å². The summed E-state index contributed by atoms with van der Waals surface area (Å²) in [5, 5.41) is 9.74. The lowest BCUT2D eigenvalue weighted by Crippen LogP contribution is -2.05. The van der Waals surface area contributed by atoms with Crippen molar-refractivity contribution in [2.45, 2.75) is 18.5 Å². The molecule has 0 radical (unpaired) electrons. The van der Waals surface area contributed by atoms with Crippen LogP contribution < -0.4 is 0 Å². The molecule has 3 rings (SSSR count). The van der Waals surface area contributed by atoms with Crippen molar-refractivity contribution >= 4 is 11.8 Å². The summed E-state index contributed by atoms with van der Waals surface area (Å²) in [5.74, 6) is 1.77. The Bertz CT molecular complexity index is 793. The first kappa shape index (κ1) is 15.6. The Labute approximate surface area is 141 Å². The molecule has 0 bridgehead atoms. The standard InChI is InChI=1S/C19H19N3S/c1-3-13-23-19-21-20-18(14-16-10-5-4-6-11-16)22(19)17-12-8-7-9-15(17)2/h3-12H,1,13-14H2,2H3. The van der Waals surface area contributed by atoms with Gasteiger partial charge in [0.1, 0.15) is 5.82 Å². The Balaban J connectivity index is 2.04.